The van der Waals surface area contributed by atoms with E-state index in [0.29, 0.717) is 6.07 Å². The number of halogens is 5. The van der Waals surface area contributed by atoms with E-state index in [1.807, 2.05) is 0 Å². The van der Waals surface area contributed by atoms with Crippen molar-refractivity contribution in [2.24, 2.45) is 0 Å². The van der Waals surface area contributed by atoms with Crippen LogP contribution in [0.2, 0.25) is 0 Å². The molecule has 1 atom stereocenters. The molecule has 0 unspecified atom stereocenters. The summed E-state index contributed by atoms with van der Waals surface area (Å²) in [7, 11) is -4.65. The number of fused-ring (bicyclic) bond motifs is 1. The fraction of sp³-hybridized carbons (Fsp3) is 0.345. The number of anilines is 1. The molecule has 0 bridgehead atoms. The number of aliphatic hydroxyl groups is 1. The van der Waals surface area contributed by atoms with Crippen LogP contribution in [0.4, 0.5) is 27.6 Å². The van der Waals surface area contributed by atoms with Crippen LogP contribution in [-0.2, 0) is 21.0 Å². The molecule has 0 aliphatic carbocycles. The molecule has 2 N–H and O–H groups in total. The molecule has 1 amide bonds. The lowest BCUT2D eigenvalue weighted by Crippen LogP contribution is -2.55. The van der Waals surface area contributed by atoms with Crippen molar-refractivity contribution in [2.75, 3.05) is 10.8 Å². The number of nitrogens with one attached hydrogen (secondary N) is 1. The van der Waals surface area contributed by atoms with Crippen LogP contribution in [0.3, 0.4) is 0 Å². The zero-order valence-electron chi connectivity index (χ0n) is 23.1. The van der Waals surface area contributed by atoms with Crippen LogP contribution >= 0.6 is 0 Å². The number of benzene rings is 3. The number of carbonyl (C=O) groups is 1. The van der Waals surface area contributed by atoms with Crippen molar-refractivity contribution in [3.05, 3.63) is 77.9 Å². The molecule has 4 rings (SSSR count). The monoisotopic (exact) mass is 612 g/mol. The summed E-state index contributed by atoms with van der Waals surface area (Å²) in [5, 5.41) is 12.7. The zero-order chi connectivity index (χ0) is 31.3. The van der Waals surface area contributed by atoms with E-state index in [4.69, 9.17) is 4.74 Å². The van der Waals surface area contributed by atoms with Crippen LogP contribution in [0.1, 0.15) is 39.7 Å². The van der Waals surface area contributed by atoms with Gasteiger partial charge >= 0.3 is 6.18 Å². The molecule has 1 aliphatic rings. The summed E-state index contributed by atoms with van der Waals surface area (Å²) >= 11 is 0. The van der Waals surface area contributed by atoms with Gasteiger partial charge in [-0.3, -0.25) is 9.10 Å². The Labute approximate surface area is 240 Å². The van der Waals surface area contributed by atoms with Gasteiger partial charge in [-0.05, 0) is 81.8 Å². The normalized spacial score (nSPS) is 16.0. The molecule has 226 valence electrons. The molecule has 3 aromatic carbocycles. The highest BCUT2D eigenvalue weighted by atomic mass is 32.2. The first kappa shape index (κ1) is 31.2. The second kappa shape index (κ2) is 10.8. The Morgan fingerprint density at radius 2 is 1.71 bits per heavy atom. The maximum Gasteiger partial charge on any atom is 0.416 e. The lowest BCUT2D eigenvalue weighted by Gasteiger charge is -2.39. The predicted octanol–water partition coefficient (Wildman–Crippen LogP) is 5.66. The summed E-state index contributed by atoms with van der Waals surface area (Å²) in [6, 6.07) is 10.1. The van der Waals surface area contributed by atoms with Gasteiger partial charge in [0.25, 0.3) is 15.9 Å². The molecule has 0 spiro atoms. The minimum Gasteiger partial charge on any atom is -0.486 e. The Morgan fingerprint density at radius 1 is 1.02 bits per heavy atom. The van der Waals surface area contributed by atoms with Gasteiger partial charge in [-0.15, -0.1) is 0 Å². The molecule has 0 aromatic heterocycles. The highest BCUT2D eigenvalue weighted by Crippen LogP contribution is 2.42. The van der Waals surface area contributed by atoms with Crippen LogP contribution in [-0.4, -0.2) is 43.2 Å². The number of alkyl halides is 3. The number of hydrogen-bond acceptors (Lipinski definition) is 5. The van der Waals surface area contributed by atoms with E-state index < -0.39 is 61.4 Å². The zero-order valence-corrected chi connectivity index (χ0v) is 23.9. The van der Waals surface area contributed by atoms with Crippen molar-refractivity contribution in [3.63, 3.8) is 0 Å². The molecule has 0 saturated heterocycles. The average Bonchev–Trinajstić information content (AvgIpc) is 2.88. The molecule has 13 heteroatoms. The third kappa shape index (κ3) is 6.67. The molecule has 1 heterocycles. The molecule has 0 saturated carbocycles. The van der Waals surface area contributed by atoms with E-state index in [9.17, 15) is 40.3 Å². The Kier molecular flexibility index (Phi) is 8.06. The lowest BCUT2D eigenvalue weighted by molar-refractivity contribution is -0.138. The summed E-state index contributed by atoms with van der Waals surface area (Å²) < 4.78 is 104. The summed E-state index contributed by atoms with van der Waals surface area (Å²) in [4.78, 5) is 11.8. The second-order valence-corrected chi connectivity index (χ2v) is 13.1. The van der Waals surface area contributed by atoms with Crippen molar-refractivity contribution in [1.29, 1.82) is 0 Å². The van der Waals surface area contributed by atoms with Crippen LogP contribution in [0, 0.1) is 11.6 Å². The first-order chi connectivity index (χ1) is 19.3. The summed E-state index contributed by atoms with van der Waals surface area (Å²) in [6.07, 6.45) is -5.68. The van der Waals surface area contributed by atoms with Gasteiger partial charge in [0, 0.05) is 17.5 Å². The van der Waals surface area contributed by atoms with Gasteiger partial charge < -0.3 is 15.2 Å². The van der Waals surface area contributed by atoms with Crippen LogP contribution in [0.5, 0.6) is 5.75 Å². The molecule has 42 heavy (non-hydrogen) atoms. The largest absolute Gasteiger partial charge is 0.486 e. The summed E-state index contributed by atoms with van der Waals surface area (Å²) in [6.45, 7) is 5.48. The van der Waals surface area contributed by atoms with Gasteiger partial charge in [-0.1, -0.05) is 12.1 Å². The Balaban J connectivity index is 1.80. The highest BCUT2D eigenvalue weighted by Gasteiger charge is 2.40. The van der Waals surface area contributed by atoms with Crippen LogP contribution in [0.15, 0.2) is 65.6 Å². The quantitative estimate of drug-likeness (QED) is 0.336. The minimum absolute atomic E-state index is 0.0203. The van der Waals surface area contributed by atoms with Crippen molar-refractivity contribution in [1.82, 2.24) is 5.32 Å². The van der Waals surface area contributed by atoms with E-state index in [0.717, 1.165) is 40.7 Å². The molecule has 3 aromatic rings. The first-order valence-corrected chi connectivity index (χ1v) is 14.2. The Hall–Kier alpha value is -3.71. The average molecular weight is 613 g/mol. The number of amides is 1. The van der Waals surface area contributed by atoms with Crippen molar-refractivity contribution >= 4 is 21.6 Å². The Morgan fingerprint density at radius 3 is 2.36 bits per heavy atom. The smallest absolute Gasteiger partial charge is 0.416 e. The Bertz CT molecular complexity index is 1620. The van der Waals surface area contributed by atoms with Gasteiger partial charge in [0.1, 0.15) is 29.1 Å². The molecule has 1 aliphatic heterocycles. The number of ether oxygens (including phenoxy) is 1. The third-order valence-electron chi connectivity index (χ3n) is 6.63. The topological polar surface area (TPSA) is 95.9 Å². The van der Waals surface area contributed by atoms with E-state index in [2.05, 4.69) is 5.32 Å². The highest BCUT2D eigenvalue weighted by molar-refractivity contribution is 7.92. The van der Waals surface area contributed by atoms with Crippen molar-refractivity contribution in [3.8, 4) is 16.9 Å². The molecule has 7 nitrogen and oxygen atoms in total. The van der Waals surface area contributed by atoms with Gasteiger partial charge in [-0.2, -0.15) is 13.2 Å². The molecular weight excluding hydrogens is 583 g/mol. The number of hydrogen-bond donors (Lipinski definition) is 2. The van der Waals surface area contributed by atoms with Gasteiger partial charge in [0.15, 0.2) is 0 Å². The third-order valence-corrected chi connectivity index (χ3v) is 8.40. The second-order valence-electron chi connectivity index (χ2n) is 11.2. The van der Waals surface area contributed by atoms with Crippen LogP contribution in [0.25, 0.3) is 11.1 Å². The van der Waals surface area contributed by atoms with Crippen LogP contribution < -0.4 is 14.4 Å². The number of sulfonamides is 1. The van der Waals surface area contributed by atoms with E-state index >= 15 is 0 Å². The number of nitrogens with zero attached hydrogens (tertiary/aromatic N) is 1. The van der Waals surface area contributed by atoms with E-state index in [1.54, 1.807) is 13.8 Å². The molecular formula is C29H29F5N2O5S. The van der Waals surface area contributed by atoms with E-state index in [-0.39, 0.29) is 35.5 Å². The fourth-order valence-electron chi connectivity index (χ4n) is 4.57. The van der Waals surface area contributed by atoms with Gasteiger partial charge in [0.05, 0.1) is 22.7 Å². The molecule has 0 radical (unpaired) electrons. The minimum atomic E-state index is -4.80. The SMILES string of the molecule is CC(C)(C[C@@H]1CN(S(=O)(=O)c2cccc(C(F)(F)F)c2)c2cc(-c3cc(F)ccc3F)ccc2O1)NC(=O)C(C)(C)O. The predicted molar refractivity (Wildman–Crippen MR) is 145 cm³/mol. The van der Waals surface area contributed by atoms with Gasteiger partial charge in [-0.25, -0.2) is 17.2 Å². The number of carbonyl (C=O) groups excluding carboxylic acids is 1. The van der Waals surface area contributed by atoms with Crippen molar-refractivity contribution in [2.45, 2.75) is 62.4 Å². The maximum atomic E-state index is 14.6. The van der Waals surface area contributed by atoms with E-state index in [1.165, 1.54) is 32.0 Å². The summed E-state index contributed by atoms with van der Waals surface area (Å²) in [5.41, 5.74) is -4.03. The standard InChI is InChI=1S/C29H29F5N2O5S/c1-27(2,35-26(37)28(3,4)38)15-20-16-36(42(39,40)21-7-5-6-18(13-21)29(32,33)34)24-12-17(8-11-25(24)41-20)22-14-19(30)9-10-23(22)31/h5-14,20,38H,15-16H2,1-4H3,(H,35,37)/t20-/m1/s1. The first-order valence-electron chi connectivity index (χ1n) is 12.8. The fourth-order valence-corrected chi connectivity index (χ4v) is 6.12. The van der Waals surface area contributed by atoms with Crippen molar-refractivity contribution < 1.29 is 45.0 Å². The summed E-state index contributed by atoms with van der Waals surface area (Å²) in [5.74, 6) is -2.17. The number of rotatable bonds is 7. The lowest BCUT2D eigenvalue weighted by atomic mass is 9.94. The maximum absolute atomic E-state index is 14.6. The molecule has 0 fully saturated rings. The van der Waals surface area contributed by atoms with Gasteiger partial charge in [0.2, 0.25) is 0 Å².